The van der Waals surface area contributed by atoms with Gasteiger partial charge in [0, 0.05) is 35.2 Å². The summed E-state index contributed by atoms with van der Waals surface area (Å²) < 4.78 is 46.9. The number of hydrogen-bond donors (Lipinski definition) is 1. The van der Waals surface area contributed by atoms with Crippen LogP contribution < -0.4 is 18.9 Å². The molecule has 0 saturated carbocycles. The van der Waals surface area contributed by atoms with Gasteiger partial charge in [-0.3, -0.25) is 4.72 Å². The smallest absolute Gasteiger partial charge is 0.265 e. The van der Waals surface area contributed by atoms with Crippen LogP contribution in [0, 0.1) is 13.8 Å². The van der Waals surface area contributed by atoms with Crippen LogP contribution in [-0.2, 0) is 10.0 Å². The van der Waals surface area contributed by atoms with Gasteiger partial charge in [0.1, 0.15) is 22.1 Å². The van der Waals surface area contributed by atoms with Gasteiger partial charge in [-0.2, -0.15) is 5.10 Å². The minimum Gasteiger partial charge on any atom is -0.497 e. The molecule has 0 aliphatic carbocycles. The number of aryl methyl sites for hydroxylation is 2. The second-order valence-electron chi connectivity index (χ2n) is 7.41. The van der Waals surface area contributed by atoms with Gasteiger partial charge in [-0.1, -0.05) is 6.07 Å². The lowest BCUT2D eigenvalue weighted by Gasteiger charge is -2.14. The molecule has 0 unspecified atom stereocenters. The standard InChI is InChI=1S/C23H24N4O5S/c1-14-8-15(2)27-23(25-14)20(13-24-27)16-6-7-21(32-5)22(9-16)33(28,29)26-17-10-18(30-3)12-19(11-17)31-4/h6-13,26H,1-5H3. The van der Waals surface area contributed by atoms with Crippen LogP contribution in [-0.4, -0.2) is 44.3 Å². The molecule has 33 heavy (non-hydrogen) atoms. The first-order chi connectivity index (χ1) is 15.7. The fraction of sp³-hybridized carbons (Fsp3) is 0.217. The molecule has 2 aromatic carbocycles. The molecule has 0 radical (unpaired) electrons. The third-order valence-corrected chi connectivity index (χ3v) is 6.55. The molecule has 9 nitrogen and oxygen atoms in total. The number of ether oxygens (including phenoxy) is 3. The topological polar surface area (TPSA) is 104 Å². The summed E-state index contributed by atoms with van der Waals surface area (Å²) in [4.78, 5) is 4.57. The first kappa shape index (κ1) is 22.4. The molecule has 0 spiro atoms. The normalized spacial score (nSPS) is 11.4. The van der Waals surface area contributed by atoms with E-state index in [1.165, 1.54) is 21.3 Å². The molecule has 0 atom stereocenters. The van der Waals surface area contributed by atoms with Crippen molar-refractivity contribution in [3.05, 3.63) is 60.0 Å². The summed E-state index contributed by atoms with van der Waals surface area (Å²) >= 11 is 0. The molecule has 172 valence electrons. The van der Waals surface area contributed by atoms with Gasteiger partial charge >= 0.3 is 0 Å². The lowest BCUT2D eigenvalue weighted by Crippen LogP contribution is -2.14. The number of anilines is 1. The quantitative estimate of drug-likeness (QED) is 0.439. The van der Waals surface area contributed by atoms with Gasteiger partial charge in [0.25, 0.3) is 10.0 Å². The third-order valence-electron chi connectivity index (χ3n) is 5.15. The van der Waals surface area contributed by atoms with Crippen LogP contribution >= 0.6 is 0 Å². The minimum absolute atomic E-state index is 0.0204. The van der Waals surface area contributed by atoms with Gasteiger partial charge in [-0.15, -0.1) is 0 Å². The highest BCUT2D eigenvalue weighted by Gasteiger charge is 2.22. The Balaban J connectivity index is 1.81. The maximum atomic E-state index is 13.4. The zero-order valence-corrected chi connectivity index (χ0v) is 19.7. The summed E-state index contributed by atoms with van der Waals surface area (Å²) in [6, 6.07) is 11.7. The molecular weight excluding hydrogens is 444 g/mol. The Labute approximate surface area is 192 Å². The van der Waals surface area contributed by atoms with Crippen molar-refractivity contribution >= 4 is 21.4 Å². The van der Waals surface area contributed by atoms with E-state index in [1.807, 2.05) is 19.9 Å². The molecule has 2 heterocycles. The van der Waals surface area contributed by atoms with Gasteiger partial charge in [-0.05, 0) is 37.6 Å². The average Bonchev–Trinajstić information content (AvgIpc) is 3.22. The van der Waals surface area contributed by atoms with Gasteiger partial charge in [-0.25, -0.2) is 17.9 Å². The van der Waals surface area contributed by atoms with Crippen LogP contribution in [0.15, 0.2) is 53.6 Å². The SMILES string of the molecule is COc1cc(NS(=O)(=O)c2cc(-c3cnn4c(C)cc(C)nc34)ccc2OC)cc(OC)c1. The van der Waals surface area contributed by atoms with E-state index in [2.05, 4.69) is 14.8 Å². The maximum Gasteiger partial charge on any atom is 0.265 e. The Morgan fingerprint density at radius 3 is 2.24 bits per heavy atom. The van der Waals surface area contributed by atoms with Crippen LogP contribution in [0.1, 0.15) is 11.4 Å². The number of benzene rings is 2. The van der Waals surface area contributed by atoms with E-state index in [1.54, 1.807) is 47.1 Å². The van der Waals surface area contributed by atoms with Crippen LogP contribution in [0.25, 0.3) is 16.8 Å². The Morgan fingerprint density at radius 1 is 0.909 bits per heavy atom. The number of methoxy groups -OCH3 is 3. The van der Waals surface area contributed by atoms with E-state index in [0.29, 0.717) is 34.0 Å². The zero-order chi connectivity index (χ0) is 23.8. The molecule has 4 rings (SSSR count). The van der Waals surface area contributed by atoms with Crippen molar-refractivity contribution in [2.75, 3.05) is 26.1 Å². The Morgan fingerprint density at radius 2 is 1.61 bits per heavy atom. The third kappa shape index (κ3) is 4.29. The molecule has 0 bridgehead atoms. The minimum atomic E-state index is -4.02. The zero-order valence-electron chi connectivity index (χ0n) is 18.9. The molecule has 2 aromatic heterocycles. The number of aromatic nitrogens is 3. The average molecular weight is 469 g/mol. The number of fused-ring (bicyclic) bond motifs is 1. The Hall–Kier alpha value is -3.79. The molecule has 0 aliphatic rings. The summed E-state index contributed by atoms with van der Waals surface area (Å²) in [5, 5.41) is 4.41. The molecule has 0 amide bonds. The predicted octanol–water partition coefficient (Wildman–Crippen LogP) is 3.84. The van der Waals surface area contributed by atoms with Crippen molar-refractivity contribution in [1.82, 2.24) is 14.6 Å². The summed E-state index contributed by atoms with van der Waals surface area (Å²) in [6.45, 7) is 3.84. The monoisotopic (exact) mass is 468 g/mol. The highest BCUT2D eigenvalue weighted by atomic mass is 32.2. The maximum absolute atomic E-state index is 13.4. The van der Waals surface area contributed by atoms with Gasteiger partial charge in [0.05, 0.1) is 33.2 Å². The second kappa shape index (κ2) is 8.62. The number of nitrogens with zero attached hydrogens (tertiary/aromatic N) is 3. The highest BCUT2D eigenvalue weighted by Crippen LogP contribution is 2.34. The first-order valence-electron chi connectivity index (χ1n) is 10.0. The summed E-state index contributed by atoms with van der Waals surface area (Å²) in [7, 11) is 0.386. The summed E-state index contributed by atoms with van der Waals surface area (Å²) in [6.07, 6.45) is 1.67. The van der Waals surface area contributed by atoms with E-state index in [0.717, 1.165) is 11.4 Å². The molecular formula is C23H24N4O5S. The van der Waals surface area contributed by atoms with Crippen molar-refractivity contribution in [2.24, 2.45) is 0 Å². The van der Waals surface area contributed by atoms with Crippen LogP contribution in [0.5, 0.6) is 17.2 Å². The van der Waals surface area contributed by atoms with E-state index in [9.17, 15) is 8.42 Å². The van der Waals surface area contributed by atoms with Crippen molar-refractivity contribution in [1.29, 1.82) is 0 Å². The number of nitrogens with one attached hydrogen (secondary N) is 1. The van der Waals surface area contributed by atoms with Crippen molar-refractivity contribution in [2.45, 2.75) is 18.7 Å². The van der Waals surface area contributed by atoms with Gasteiger partial charge in [0.15, 0.2) is 5.65 Å². The molecule has 10 heteroatoms. The number of sulfonamides is 1. The van der Waals surface area contributed by atoms with Gasteiger partial charge in [0.2, 0.25) is 0 Å². The van der Waals surface area contributed by atoms with Crippen molar-refractivity contribution in [3.63, 3.8) is 0 Å². The van der Waals surface area contributed by atoms with Crippen LogP contribution in [0.2, 0.25) is 0 Å². The van der Waals surface area contributed by atoms with Crippen molar-refractivity contribution in [3.8, 4) is 28.4 Å². The highest BCUT2D eigenvalue weighted by molar-refractivity contribution is 7.92. The van der Waals surface area contributed by atoms with E-state index < -0.39 is 10.0 Å². The fourth-order valence-corrected chi connectivity index (χ4v) is 4.84. The lowest BCUT2D eigenvalue weighted by atomic mass is 10.1. The molecule has 1 N–H and O–H groups in total. The fourth-order valence-electron chi connectivity index (χ4n) is 3.60. The molecule has 0 saturated heterocycles. The lowest BCUT2D eigenvalue weighted by molar-refractivity contribution is 0.395. The van der Waals surface area contributed by atoms with Crippen LogP contribution in [0.3, 0.4) is 0 Å². The van der Waals surface area contributed by atoms with E-state index in [-0.39, 0.29) is 10.6 Å². The van der Waals surface area contributed by atoms with Crippen LogP contribution in [0.4, 0.5) is 5.69 Å². The van der Waals surface area contributed by atoms with Crippen molar-refractivity contribution < 1.29 is 22.6 Å². The van der Waals surface area contributed by atoms with Gasteiger partial charge < -0.3 is 14.2 Å². The second-order valence-corrected chi connectivity index (χ2v) is 9.06. The molecule has 0 aliphatic heterocycles. The Kier molecular flexibility index (Phi) is 5.86. The summed E-state index contributed by atoms with van der Waals surface area (Å²) in [5.41, 5.74) is 4.07. The molecule has 4 aromatic rings. The number of rotatable bonds is 7. The Bertz CT molecular complexity index is 1420. The summed E-state index contributed by atoms with van der Waals surface area (Å²) in [5.74, 6) is 1.12. The van der Waals surface area contributed by atoms with E-state index in [4.69, 9.17) is 14.2 Å². The van der Waals surface area contributed by atoms with E-state index >= 15 is 0 Å². The predicted molar refractivity (Wildman–Crippen MR) is 125 cm³/mol. The molecule has 0 fully saturated rings. The first-order valence-corrected chi connectivity index (χ1v) is 11.5. The number of hydrogen-bond acceptors (Lipinski definition) is 7. The largest absolute Gasteiger partial charge is 0.497 e.